The summed E-state index contributed by atoms with van der Waals surface area (Å²) < 4.78 is 75.9. The largest absolute Gasteiger partial charge is 0.478 e. The van der Waals surface area contributed by atoms with Gasteiger partial charge in [0, 0.05) is 49.9 Å². The Morgan fingerprint density at radius 2 is 1.55 bits per heavy atom. The van der Waals surface area contributed by atoms with Gasteiger partial charge in [-0.1, -0.05) is 137 Å². The Hall–Kier alpha value is -6.07. The Balaban J connectivity index is 0.000000169. The molecule has 5 heterocycles. The first-order valence-corrected chi connectivity index (χ1v) is 17.7. The summed E-state index contributed by atoms with van der Waals surface area (Å²) >= 11 is 0. The first kappa shape index (κ1) is 25.1. The van der Waals surface area contributed by atoms with Crippen LogP contribution in [0.4, 0.5) is 0 Å². The molecule has 2 aliphatic rings. The number of aromatic nitrogens is 3. The molecule has 0 atom stereocenters. The minimum Gasteiger partial charge on any atom is -0.478 e. The predicted molar refractivity (Wildman–Crippen MR) is 223 cm³/mol. The van der Waals surface area contributed by atoms with Crippen molar-refractivity contribution in [1.82, 2.24) is 14.4 Å². The van der Waals surface area contributed by atoms with Crippen molar-refractivity contribution >= 4 is 72.2 Å². The third-order valence-electron chi connectivity index (χ3n) is 10.7. The van der Waals surface area contributed by atoms with Gasteiger partial charge in [0.2, 0.25) is 6.71 Å². The molecule has 0 saturated heterocycles. The Labute approximate surface area is 345 Å². The Morgan fingerprint density at radius 1 is 0.745 bits per heavy atom. The zero-order chi connectivity index (χ0) is 43.6. The van der Waals surface area contributed by atoms with Gasteiger partial charge in [0.1, 0.15) is 5.75 Å². The second kappa shape index (κ2) is 12.8. The smallest absolute Gasteiger partial charge is 0.200 e. The number of imidazole rings is 1. The minimum atomic E-state index is -2.61. The molecular formula is C49H32BIrN3O-2. The third kappa shape index (κ3) is 5.02. The van der Waals surface area contributed by atoms with Crippen molar-refractivity contribution in [1.29, 1.82) is 0 Å². The van der Waals surface area contributed by atoms with Crippen molar-refractivity contribution in [3.63, 3.8) is 0 Å². The molecule has 0 bridgehead atoms. The summed E-state index contributed by atoms with van der Waals surface area (Å²) in [5.41, 5.74) is 10.4. The molecule has 12 rings (SSSR count). The van der Waals surface area contributed by atoms with Gasteiger partial charge in [-0.3, -0.25) is 4.98 Å². The first-order chi connectivity index (χ1) is 30.2. The third-order valence-corrected chi connectivity index (χ3v) is 10.7. The van der Waals surface area contributed by atoms with E-state index in [2.05, 4.69) is 131 Å². The molecule has 0 fully saturated rings. The molecule has 10 aromatic rings. The van der Waals surface area contributed by atoms with Gasteiger partial charge in [-0.15, -0.1) is 35.4 Å². The number of rotatable bonds is 1. The summed E-state index contributed by atoms with van der Waals surface area (Å²) in [6.45, 7) is -7.39. The van der Waals surface area contributed by atoms with Gasteiger partial charge < -0.3 is 14.1 Å². The van der Waals surface area contributed by atoms with E-state index in [1.165, 1.54) is 73.3 Å². The molecule has 0 aliphatic carbocycles. The number of nitrogens with zero attached hydrogens (tertiary/aromatic N) is 3. The monoisotopic (exact) mass is 891 g/mol. The summed E-state index contributed by atoms with van der Waals surface area (Å²) in [6, 6.07) is 50.8. The number of pyridine rings is 2. The van der Waals surface area contributed by atoms with Crippen LogP contribution in [0.25, 0.3) is 71.5 Å². The van der Waals surface area contributed by atoms with E-state index in [0.717, 1.165) is 45.3 Å². The van der Waals surface area contributed by atoms with Gasteiger partial charge in [-0.05, 0) is 76.4 Å². The average Bonchev–Trinajstić information content (AvgIpc) is 3.67. The molecule has 0 amide bonds. The molecule has 0 saturated carbocycles. The van der Waals surface area contributed by atoms with Crippen LogP contribution in [-0.4, -0.2) is 21.1 Å². The van der Waals surface area contributed by atoms with Crippen molar-refractivity contribution in [3.8, 4) is 33.9 Å². The molecule has 2 aliphatic heterocycles. The average molecular weight is 891 g/mol. The topological polar surface area (TPSA) is 39.4 Å². The van der Waals surface area contributed by atoms with Crippen molar-refractivity contribution in [2.45, 2.75) is 20.6 Å². The van der Waals surface area contributed by atoms with Crippen LogP contribution >= 0.6 is 0 Å². The summed E-state index contributed by atoms with van der Waals surface area (Å²) in [7, 11) is 0. The van der Waals surface area contributed by atoms with E-state index in [0.29, 0.717) is 5.56 Å². The van der Waals surface area contributed by atoms with Crippen LogP contribution in [-0.2, 0) is 20.1 Å². The van der Waals surface area contributed by atoms with E-state index in [-0.39, 0.29) is 49.2 Å². The molecule has 3 aromatic heterocycles. The van der Waals surface area contributed by atoms with Gasteiger partial charge in [0.25, 0.3) is 0 Å². The quantitative estimate of drug-likeness (QED) is 0.0937. The molecule has 263 valence electrons. The molecule has 0 N–H and O–H groups in total. The second-order valence-corrected chi connectivity index (χ2v) is 13.7. The fourth-order valence-corrected chi connectivity index (χ4v) is 8.41. The summed E-state index contributed by atoms with van der Waals surface area (Å²) in [5.74, 6) is 1.70. The summed E-state index contributed by atoms with van der Waals surface area (Å²) in [5, 5.41) is 5.98. The molecular weight excluding hydrogens is 850 g/mol. The number of para-hydroxylation sites is 4. The maximum atomic E-state index is 7.54. The minimum absolute atomic E-state index is 0. The van der Waals surface area contributed by atoms with Crippen LogP contribution < -0.4 is 21.1 Å². The Bertz CT molecular complexity index is 3520. The standard InChI is InChI=1S/C35H18BN2O.C14H14N.Ir/c1-4-16-27-21(11-1)32-23(35-37-26-15-3-5-17-28(26)38(27)35)19-30-34-33(32)22-12-7-9-20-10-8-14-25(31(20)22)36(34)24-13-2-6-18-29(24)39-30;1-10-4-6-13(7-5-10)14-8-11(2)12(3)9-15-14;/h1-18H;4-6,8-9H,1-3H3;/q2*-1;/i;1D3,2D3,3D3;. The number of hydrogen-bond acceptors (Lipinski definition) is 3. The van der Waals surface area contributed by atoms with E-state index in [1.54, 1.807) is 0 Å². The summed E-state index contributed by atoms with van der Waals surface area (Å²) in [4.78, 5) is 9.17. The molecule has 0 spiro atoms. The van der Waals surface area contributed by atoms with E-state index >= 15 is 0 Å². The predicted octanol–water partition coefficient (Wildman–Crippen LogP) is 9.82. The van der Waals surface area contributed by atoms with Crippen molar-refractivity contribution in [3.05, 3.63) is 168 Å². The van der Waals surface area contributed by atoms with E-state index < -0.39 is 20.6 Å². The van der Waals surface area contributed by atoms with Crippen molar-refractivity contribution in [2.75, 3.05) is 0 Å². The van der Waals surface area contributed by atoms with Gasteiger partial charge in [0.05, 0.1) is 16.7 Å². The zero-order valence-corrected chi connectivity index (χ0v) is 31.3. The van der Waals surface area contributed by atoms with Crippen LogP contribution in [0, 0.1) is 32.7 Å². The van der Waals surface area contributed by atoms with Crippen molar-refractivity contribution < 1.29 is 37.2 Å². The van der Waals surface area contributed by atoms with Crippen molar-refractivity contribution in [2.24, 2.45) is 0 Å². The fraction of sp³-hybridized carbons (Fsp3) is 0.0612. The van der Waals surface area contributed by atoms with Gasteiger partial charge in [0.15, 0.2) is 0 Å². The first-order valence-electron chi connectivity index (χ1n) is 22.2. The van der Waals surface area contributed by atoms with Crippen LogP contribution in [0.15, 0.2) is 140 Å². The Morgan fingerprint density at radius 3 is 2.40 bits per heavy atom. The fourth-order valence-electron chi connectivity index (χ4n) is 8.41. The molecule has 1 radical (unpaired) electrons. The maximum Gasteiger partial charge on any atom is 0.200 e. The van der Waals surface area contributed by atoms with E-state index in [4.69, 9.17) is 22.1 Å². The number of ether oxygens (including phenoxy) is 1. The van der Waals surface area contributed by atoms with Crippen LogP contribution in [0.5, 0.6) is 11.5 Å². The number of benzene rings is 7. The number of fused-ring (bicyclic) bond motifs is 13. The van der Waals surface area contributed by atoms with E-state index in [9.17, 15) is 0 Å². The zero-order valence-electron chi connectivity index (χ0n) is 37.9. The normalized spacial score (nSPS) is 15.3. The van der Waals surface area contributed by atoms with Gasteiger partial charge >= 0.3 is 0 Å². The molecule has 4 nitrogen and oxygen atoms in total. The SMILES string of the molecule is [2H]C([2H])([2H])c1c[c-]c(-c2cc(C([2H])([2H])[2H])c(C([2H])([2H])[2H])cn2)cc1.[Ir].[c-]1c2c3c(c4c1c1nc5ccccc5n1c1ccccc41)-c1cccc4cccc(c14)B3c1ccccc1O2. The van der Waals surface area contributed by atoms with Crippen LogP contribution in [0.3, 0.4) is 0 Å². The number of hydrogen-bond donors (Lipinski definition) is 0. The van der Waals surface area contributed by atoms with Gasteiger partial charge in [-0.2, -0.15) is 0 Å². The van der Waals surface area contributed by atoms with Crippen LogP contribution in [0.2, 0.25) is 0 Å². The van der Waals surface area contributed by atoms with Gasteiger partial charge in [-0.25, -0.2) is 0 Å². The van der Waals surface area contributed by atoms with E-state index in [1.807, 2.05) is 0 Å². The molecule has 6 heteroatoms. The maximum absolute atomic E-state index is 7.54. The molecule has 0 unspecified atom stereocenters. The summed E-state index contributed by atoms with van der Waals surface area (Å²) in [6.07, 6.45) is 1.02. The Kier molecular flexibility index (Phi) is 5.83. The molecule has 7 aromatic carbocycles. The number of aryl methyl sites for hydroxylation is 3. The second-order valence-electron chi connectivity index (χ2n) is 13.7. The molecule has 55 heavy (non-hydrogen) atoms. The van der Waals surface area contributed by atoms with Crippen LogP contribution in [0.1, 0.15) is 29.0 Å².